The molecule has 0 saturated heterocycles. The van der Waals surface area contributed by atoms with E-state index in [0.29, 0.717) is 58.3 Å². The van der Waals surface area contributed by atoms with E-state index in [2.05, 4.69) is 43.5 Å². The molecule has 0 aliphatic heterocycles. The molecular formula is C28H21Br2N3O4. The Morgan fingerprint density at radius 1 is 1.08 bits per heavy atom. The number of hydrogen-bond donors (Lipinski definition) is 0. The summed E-state index contributed by atoms with van der Waals surface area (Å²) in [6, 6.07) is 18.3. The molecule has 0 spiro atoms. The zero-order chi connectivity index (χ0) is 25.9. The van der Waals surface area contributed by atoms with Crippen LogP contribution < -0.4 is 15.0 Å². The fourth-order valence-corrected chi connectivity index (χ4v) is 4.62. The highest BCUT2D eigenvalue weighted by atomic mass is 79.9. The van der Waals surface area contributed by atoms with Gasteiger partial charge in [0.05, 0.1) is 23.7 Å². The van der Waals surface area contributed by atoms with Crippen molar-refractivity contribution in [2.24, 2.45) is 5.10 Å². The third-order valence-corrected chi connectivity index (χ3v) is 6.66. The molecule has 0 aliphatic rings. The van der Waals surface area contributed by atoms with Crippen molar-refractivity contribution >= 4 is 59.9 Å². The lowest BCUT2D eigenvalue weighted by Gasteiger charge is -2.13. The second kappa shape index (κ2) is 10.7. The van der Waals surface area contributed by atoms with Crippen LogP contribution >= 0.6 is 31.9 Å². The molecule has 2 heterocycles. The van der Waals surface area contributed by atoms with E-state index in [0.717, 1.165) is 14.3 Å². The molecule has 2 aromatic heterocycles. The van der Waals surface area contributed by atoms with Gasteiger partial charge in [0.15, 0.2) is 17.3 Å². The van der Waals surface area contributed by atoms with E-state index in [1.165, 1.54) is 4.68 Å². The van der Waals surface area contributed by atoms with Crippen molar-refractivity contribution in [2.75, 3.05) is 13.2 Å². The lowest BCUT2D eigenvalue weighted by Crippen LogP contribution is -2.20. The summed E-state index contributed by atoms with van der Waals surface area (Å²) >= 11 is 7.06. The molecule has 37 heavy (non-hydrogen) atoms. The zero-order valence-corrected chi connectivity index (χ0v) is 23.0. The molecule has 0 bridgehead atoms. The number of ether oxygens (including phenoxy) is 2. The first-order valence-corrected chi connectivity index (χ1v) is 13.0. The third kappa shape index (κ3) is 5.10. The van der Waals surface area contributed by atoms with Crippen molar-refractivity contribution in [2.45, 2.75) is 6.92 Å². The molecule has 7 nitrogen and oxygen atoms in total. The summed E-state index contributed by atoms with van der Waals surface area (Å²) in [7, 11) is 0. The zero-order valence-electron chi connectivity index (χ0n) is 19.8. The van der Waals surface area contributed by atoms with E-state index in [1.54, 1.807) is 42.6 Å². The van der Waals surface area contributed by atoms with Gasteiger partial charge < -0.3 is 13.9 Å². The van der Waals surface area contributed by atoms with E-state index in [4.69, 9.17) is 18.9 Å². The first-order chi connectivity index (χ1) is 18.0. The number of hydrogen-bond acceptors (Lipinski definition) is 6. The maximum Gasteiger partial charge on any atom is 0.282 e. The Kier molecular flexibility index (Phi) is 7.25. The number of furan rings is 1. The van der Waals surface area contributed by atoms with Crippen LogP contribution in [0, 0.1) is 0 Å². The normalized spacial score (nSPS) is 11.4. The molecule has 0 radical (unpaired) electrons. The van der Waals surface area contributed by atoms with Crippen molar-refractivity contribution in [1.82, 2.24) is 9.66 Å². The maximum absolute atomic E-state index is 13.5. The minimum Gasteiger partial charge on any atom is -0.490 e. The Morgan fingerprint density at radius 2 is 1.89 bits per heavy atom. The average Bonchev–Trinajstić information content (AvgIpc) is 3.31. The van der Waals surface area contributed by atoms with Gasteiger partial charge in [-0.2, -0.15) is 9.78 Å². The molecule has 5 aromatic rings. The van der Waals surface area contributed by atoms with Gasteiger partial charge in [-0.25, -0.2) is 4.98 Å². The minimum absolute atomic E-state index is 0.291. The van der Waals surface area contributed by atoms with Gasteiger partial charge in [-0.3, -0.25) is 4.79 Å². The predicted molar refractivity (Wildman–Crippen MR) is 153 cm³/mol. The number of benzene rings is 3. The van der Waals surface area contributed by atoms with Gasteiger partial charge in [0.2, 0.25) is 5.82 Å². The van der Waals surface area contributed by atoms with Crippen LogP contribution in [-0.4, -0.2) is 29.1 Å². The van der Waals surface area contributed by atoms with Gasteiger partial charge in [-0.15, -0.1) is 0 Å². The molecular weight excluding hydrogens is 602 g/mol. The van der Waals surface area contributed by atoms with E-state index in [9.17, 15) is 4.79 Å². The summed E-state index contributed by atoms with van der Waals surface area (Å²) in [5.41, 5.74) is 1.61. The molecule has 0 fully saturated rings. The fraction of sp³-hybridized carbons (Fsp3) is 0.107. The molecule has 0 amide bonds. The highest BCUT2D eigenvalue weighted by Gasteiger charge is 2.17. The van der Waals surface area contributed by atoms with Crippen LogP contribution in [0.5, 0.6) is 11.5 Å². The Hall–Kier alpha value is -3.69. The first-order valence-electron chi connectivity index (χ1n) is 11.4. The van der Waals surface area contributed by atoms with E-state index in [1.807, 2.05) is 37.3 Å². The summed E-state index contributed by atoms with van der Waals surface area (Å²) in [5, 5.41) is 5.87. The van der Waals surface area contributed by atoms with Crippen molar-refractivity contribution in [3.8, 4) is 23.1 Å². The number of halogens is 2. The summed E-state index contributed by atoms with van der Waals surface area (Å²) in [4.78, 5) is 18.3. The summed E-state index contributed by atoms with van der Waals surface area (Å²) in [6.45, 7) is 6.39. The Balaban J connectivity index is 1.66. The maximum atomic E-state index is 13.5. The van der Waals surface area contributed by atoms with Crippen LogP contribution in [0.2, 0.25) is 0 Å². The minimum atomic E-state index is -0.314. The lowest BCUT2D eigenvalue weighted by atomic mass is 10.2. The second-order valence-electron chi connectivity index (χ2n) is 7.96. The largest absolute Gasteiger partial charge is 0.490 e. The van der Waals surface area contributed by atoms with Crippen LogP contribution in [0.1, 0.15) is 12.5 Å². The van der Waals surface area contributed by atoms with Crippen LogP contribution in [0.25, 0.3) is 33.5 Å². The molecule has 9 heteroatoms. The van der Waals surface area contributed by atoms with Crippen LogP contribution in [0.15, 0.2) is 96.6 Å². The lowest BCUT2D eigenvalue weighted by molar-refractivity contribution is 0.296. The Labute approximate surface area is 229 Å². The van der Waals surface area contributed by atoms with E-state index >= 15 is 0 Å². The quantitative estimate of drug-likeness (QED) is 0.135. The van der Waals surface area contributed by atoms with Crippen LogP contribution in [0.4, 0.5) is 0 Å². The summed E-state index contributed by atoms with van der Waals surface area (Å²) in [6.07, 6.45) is 3.24. The predicted octanol–water partition coefficient (Wildman–Crippen LogP) is 7.18. The van der Waals surface area contributed by atoms with E-state index in [-0.39, 0.29) is 5.56 Å². The van der Waals surface area contributed by atoms with Gasteiger partial charge >= 0.3 is 0 Å². The SMILES string of the molecule is C=CCOc1cc(Br)c(C=Nn2c(-c3cc4cc(Br)ccc4o3)nc3ccccc3c2=O)cc1OCC. The number of fused-ring (bicyclic) bond motifs is 2. The monoisotopic (exact) mass is 621 g/mol. The number of aromatic nitrogens is 2. The smallest absolute Gasteiger partial charge is 0.282 e. The Morgan fingerprint density at radius 3 is 2.70 bits per heavy atom. The van der Waals surface area contributed by atoms with Crippen molar-refractivity contribution in [3.63, 3.8) is 0 Å². The number of nitrogens with zero attached hydrogens (tertiary/aromatic N) is 3. The Bertz CT molecular complexity index is 1720. The second-order valence-corrected chi connectivity index (χ2v) is 9.73. The van der Waals surface area contributed by atoms with E-state index < -0.39 is 0 Å². The number of rotatable bonds is 8. The van der Waals surface area contributed by atoms with Crippen LogP contribution in [-0.2, 0) is 0 Å². The van der Waals surface area contributed by atoms with Gasteiger partial charge in [0.25, 0.3) is 5.56 Å². The van der Waals surface area contributed by atoms with Crippen LogP contribution in [0.3, 0.4) is 0 Å². The molecule has 3 aromatic carbocycles. The van der Waals surface area contributed by atoms with Crippen molar-refractivity contribution in [1.29, 1.82) is 0 Å². The van der Waals surface area contributed by atoms with Gasteiger partial charge in [-0.05, 0) is 71.4 Å². The third-order valence-electron chi connectivity index (χ3n) is 5.48. The molecule has 0 N–H and O–H groups in total. The standard InChI is InChI=1S/C28H21Br2N3O4/c1-3-11-36-25-15-21(30)18(14-24(25)35-4-2)16-31-33-27(32-22-8-6-5-7-20(22)28(33)34)26-13-17-12-19(29)9-10-23(17)37-26/h3,5-10,12-16H,1,4,11H2,2H3. The van der Waals surface area contributed by atoms with Crippen molar-refractivity contribution < 1.29 is 13.9 Å². The highest BCUT2D eigenvalue weighted by Crippen LogP contribution is 2.34. The average molecular weight is 623 g/mol. The summed E-state index contributed by atoms with van der Waals surface area (Å²) < 4.78 is 20.4. The summed E-state index contributed by atoms with van der Waals surface area (Å²) in [5.74, 6) is 1.85. The fourth-order valence-electron chi connectivity index (χ4n) is 3.81. The molecule has 0 atom stereocenters. The highest BCUT2D eigenvalue weighted by molar-refractivity contribution is 9.10. The van der Waals surface area contributed by atoms with Gasteiger partial charge in [0.1, 0.15) is 12.2 Å². The molecule has 0 aliphatic carbocycles. The van der Waals surface area contributed by atoms with Gasteiger partial charge in [0, 0.05) is 19.9 Å². The topological polar surface area (TPSA) is 78.9 Å². The van der Waals surface area contributed by atoms with Gasteiger partial charge in [-0.1, -0.05) is 40.7 Å². The molecule has 0 saturated carbocycles. The van der Waals surface area contributed by atoms with Crippen molar-refractivity contribution in [3.05, 3.63) is 98.2 Å². The number of para-hydroxylation sites is 1. The molecule has 5 rings (SSSR count). The molecule has 0 unspecified atom stereocenters. The first kappa shape index (κ1) is 25.0. The molecule has 186 valence electrons.